The van der Waals surface area contributed by atoms with Crippen LogP contribution in [0.2, 0.25) is 0 Å². The summed E-state index contributed by atoms with van der Waals surface area (Å²) in [4.78, 5) is 12.1. The predicted octanol–water partition coefficient (Wildman–Crippen LogP) is 1.08. The second-order valence-electron chi connectivity index (χ2n) is 5.26. The molecule has 1 aliphatic carbocycles. The SMILES string of the molecule is O=C(NC1CCCCC1CO)C1CCCOC1. The molecule has 17 heavy (non-hydrogen) atoms. The first-order chi connectivity index (χ1) is 8.31. The number of rotatable bonds is 3. The minimum Gasteiger partial charge on any atom is -0.396 e. The lowest BCUT2D eigenvalue weighted by molar-refractivity contribution is -0.130. The number of aliphatic hydroxyl groups is 1. The maximum absolute atomic E-state index is 12.1. The van der Waals surface area contributed by atoms with Gasteiger partial charge in [0.2, 0.25) is 5.91 Å². The Hall–Kier alpha value is -0.610. The Morgan fingerprint density at radius 3 is 2.76 bits per heavy atom. The topological polar surface area (TPSA) is 58.6 Å². The fraction of sp³-hybridized carbons (Fsp3) is 0.923. The zero-order valence-corrected chi connectivity index (χ0v) is 10.4. The molecule has 1 aliphatic heterocycles. The summed E-state index contributed by atoms with van der Waals surface area (Å²) in [6.07, 6.45) is 6.27. The Labute approximate surface area is 103 Å². The molecule has 3 atom stereocenters. The van der Waals surface area contributed by atoms with Crippen LogP contribution in [0.3, 0.4) is 0 Å². The molecular weight excluding hydrogens is 218 g/mol. The van der Waals surface area contributed by atoms with Crippen LogP contribution in [-0.2, 0) is 9.53 Å². The van der Waals surface area contributed by atoms with Crippen LogP contribution in [0.1, 0.15) is 38.5 Å². The van der Waals surface area contributed by atoms with E-state index in [1.807, 2.05) is 0 Å². The van der Waals surface area contributed by atoms with Crippen molar-refractivity contribution in [3.63, 3.8) is 0 Å². The number of carbonyl (C=O) groups is 1. The lowest BCUT2D eigenvalue weighted by Crippen LogP contribution is -2.47. The van der Waals surface area contributed by atoms with Gasteiger partial charge < -0.3 is 15.2 Å². The second-order valence-corrected chi connectivity index (χ2v) is 5.26. The monoisotopic (exact) mass is 241 g/mol. The van der Waals surface area contributed by atoms with E-state index >= 15 is 0 Å². The standard InChI is InChI=1S/C13H23NO3/c15-8-10-4-1-2-6-12(10)14-13(16)11-5-3-7-17-9-11/h10-12,15H,1-9H2,(H,14,16). The molecule has 0 aromatic carbocycles. The van der Waals surface area contributed by atoms with Gasteiger partial charge in [-0.15, -0.1) is 0 Å². The summed E-state index contributed by atoms with van der Waals surface area (Å²) in [5.74, 6) is 0.386. The van der Waals surface area contributed by atoms with Gasteiger partial charge in [-0.3, -0.25) is 4.79 Å². The van der Waals surface area contributed by atoms with Crippen molar-refractivity contribution in [2.45, 2.75) is 44.6 Å². The maximum Gasteiger partial charge on any atom is 0.225 e. The lowest BCUT2D eigenvalue weighted by Gasteiger charge is -2.32. The number of hydrogen-bond acceptors (Lipinski definition) is 3. The van der Waals surface area contributed by atoms with E-state index in [4.69, 9.17) is 4.74 Å². The van der Waals surface area contributed by atoms with Crippen LogP contribution < -0.4 is 5.32 Å². The zero-order chi connectivity index (χ0) is 12.1. The average Bonchev–Trinajstić information content (AvgIpc) is 2.40. The summed E-state index contributed by atoms with van der Waals surface area (Å²) in [5.41, 5.74) is 0. The Morgan fingerprint density at radius 2 is 2.06 bits per heavy atom. The van der Waals surface area contributed by atoms with Crippen molar-refractivity contribution < 1.29 is 14.6 Å². The van der Waals surface area contributed by atoms with Crippen LogP contribution in [0.25, 0.3) is 0 Å². The van der Waals surface area contributed by atoms with Crippen LogP contribution in [0.15, 0.2) is 0 Å². The summed E-state index contributed by atoms with van der Waals surface area (Å²) in [7, 11) is 0. The highest BCUT2D eigenvalue weighted by Crippen LogP contribution is 2.24. The minimum atomic E-state index is 0.0185. The third kappa shape index (κ3) is 3.42. The molecular formula is C13H23NO3. The van der Waals surface area contributed by atoms with Gasteiger partial charge >= 0.3 is 0 Å². The van der Waals surface area contributed by atoms with Crippen LogP contribution in [0, 0.1) is 11.8 Å². The molecule has 2 aliphatic rings. The smallest absolute Gasteiger partial charge is 0.225 e. The van der Waals surface area contributed by atoms with E-state index in [-0.39, 0.29) is 30.4 Å². The number of ether oxygens (including phenoxy) is 1. The van der Waals surface area contributed by atoms with Gasteiger partial charge in [0, 0.05) is 25.2 Å². The van der Waals surface area contributed by atoms with E-state index in [1.54, 1.807) is 0 Å². The third-order valence-corrected chi connectivity index (χ3v) is 4.00. The number of nitrogens with one attached hydrogen (secondary N) is 1. The highest BCUT2D eigenvalue weighted by atomic mass is 16.5. The molecule has 0 aromatic heterocycles. The van der Waals surface area contributed by atoms with Gasteiger partial charge in [0.25, 0.3) is 0 Å². The highest BCUT2D eigenvalue weighted by molar-refractivity contribution is 5.79. The number of hydrogen-bond donors (Lipinski definition) is 2. The van der Waals surface area contributed by atoms with Gasteiger partial charge in [-0.25, -0.2) is 0 Å². The van der Waals surface area contributed by atoms with Crippen molar-refractivity contribution in [2.24, 2.45) is 11.8 Å². The molecule has 4 nitrogen and oxygen atoms in total. The highest BCUT2D eigenvalue weighted by Gasteiger charge is 2.29. The molecule has 3 unspecified atom stereocenters. The van der Waals surface area contributed by atoms with Crippen molar-refractivity contribution in [3.8, 4) is 0 Å². The summed E-state index contributed by atoms with van der Waals surface area (Å²) in [5, 5.41) is 12.4. The largest absolute Gasteiger partial charge is 0.396 e. The van der Waals surface area contributed by atoms with Gasteiger partial charge in [0.05, 0.1) is 12.5 Å². The molecule has 2 fully saturated rings. The van der Waals surface area contributed by atoms with Gasteiger partial charge in [0.15, 0.2) is 0 Å². The number of amides is 1. The molecule has 4 heteroatoms. The fourth-order valence-electron chi connectivity index (χ4n) is 2.86. The van der Waals surface area contributed by atoms with Gasteiger partial charge in [-0.1, -0.05) is 12.8 Å². The van der Waals surface area contributed by atoms with Crippen molar-refractivity contribution in [3.05, 3.63) is 0 Å². The van der Waals surface area contributed by atoms with Crippen LogP contribution in [0.4, 0.5) is 0 Å². The van der Waals surface area contributed by atoms with Gasteiger partial charge in [-0.05, 0) is 25.7 Å². The molecule has 98 valence electrons. The summed E-state index contributed by atoms with van der Waals surface area (Å²) < 4.78 is 5.34. The van der Waals surface area contributed by atoms with E-state index in [9.17, 15) is 9.90 Å². The Kier molecular flexibility index (Phi) is 4.80. The molecule has 0 bridgehead atoms. The molecule has 0 spiro atoms. The Balaban J connectivity index is 1.83. The Morgan fingerprint density at radius 1 is 1.24 bits per heavy atom. The minimum absolute atomic E-state index is 0.0185. The molecule has 1 saturated heterocycles. The van der Waals surface area contributed by atoms with E-state index in [0.717, 1.165) is 38.7 Å². The fourth-order valence-corrected chi connectivity index (χ4v) is 2.86. The van der Waals surface area contributed by atoms with E-state index in [0.29, 0.717) is 6.61 Å². The molecule has 0 aromatic rings. The van der Waals surface area contributed by atoms with Crippen LogP contribution in [0.5, 0.6) is 0 Å². The van der Waals surface area contributed by atoms with Crippen molar-refractivity contribution in [2.75, 3.05) is 19.8 Å². The van der Waals surface area contributed by atoms with Crippen LogP contribution in [-0.4, -0.2) is 36.9 Å². The van der Waals surface area contributed by atoms with E-state index in [2.05, 4.69) is 5.32 Å². The summed E-state index contributed by atoms with van der Waals surface area (Å²) in [6.45, 7) is 1.53. The van der Waals surface area contributed by atoms with Crippen molar-refractivity contribution >= 4 is 5.91 Å². The van der Waals surface area contributed by atoms with E-state index in [1.165, 1.54) is 6.42 Å². The molecule has 1 saturated carbocycles. The first-order valence-corrected chi connectivity index (χ1v) is 6.80. The molecule has 1 amide bonds. The maximum atomic E-state index is 12.1. The van der Waals surface area contributed by atoms with Crippen molar-refractivity contribution in [1.29, 1.82) is 0 Å². The quantitative estimate of drug-likeness (QED) is 0.777. The third-order valence-electron chi connectivity index (χ3n) is 4.00. The van der Waals surface area contributed by atoms with Crippen molar-refractivity contribution in [1.82, 2.24) is 5.32 Å². The zero-order valence-electron chi connectivity index (χ0n) is 10.4. The predicted molar refractivity (Wildman–Crippen MR) is 64.5 cm³/mol. The summed E-state index contributed by atoms with van der Waals surface area (Å²) >= 11 is 0. The summed E-state index contributed by atoms with van der Waals surface area (Å²) in [6, 6.07) is 0.170. The van der Waals surface area contributed by atoms with Gasteiger partial charge in [0.1, 0.15) is 0 Å². The molecule has 2 rings (SSSR count). The average molecular weight is 241 g/mol. The normalized spacial score (nSPS) is 34.3. The number of aliphatic hydroxyl groups excluding tert-OH is 1. The molecule has 2 N–H and O–H groups in total. The lowest BCUT2D eigenvalue weighted by atomic mass is 9.84. The Bertz CT molecular complexity index is 251. The molecule has 1 heterocycles. The molecule has 0 radical (unpaired) electrons. The number of carbonyl (C=O) groups excluding carboxylic acids is 1. The van der Waals surface area contributed by atoms with Gasteiger partial charge in [-0.2, -0.15) is 0 Å². The van der Waals surface area contributed by atoms with Crippen LogP contribution >= 0.6 is 0 Å². The second kappa shape index (κ2) is 6.36. The van der Waals surface area contributed by atoms with E-state index < -0.39 is 0 Å². The first kappa shape index (κ1) is 12.8. The first-order valence-electron chi connectivity index (χ1n) is 6.80.